The molecule has 0 aromatic heterocycles. The Hall–Kier alpha value is -2.08. The van der Waals surface area contributed by atoms with Gasteiger partial charge in [-0.25, -0.2) is 0 Å². The molecule has 0 radical (unpaired) electrons. The van der Waals surface area contributed by atoms with Crippen LogP contribution < -0.4 is 15.8 Å². The molecule has 0 spiro atoms. The van der Waals surface area contributed by atoms with E-state index in [4.69, 9.17) is 10.5 Å². The van der Waals surface area contributed by atoms with Gasteiger partial charge in [-0.3, -0.25) is 9.59 Å². The molecule has 2 amide bonds. The van der Waals surface area contributed by atoms with Gasteiger partial charge in [0.2, 0.25) is 5.91 Å². The van der Waals surface area contributed by atoms with Gasteiger partial charge in [-0.1, -0.05) is 31.7 Å². The molecule has 6 heteroatoms. The molecule has 25 heavy (non-hydrogen) atoms. The summed E-state index contributed by atoms with van der Waals surface area (Å²) in [6.45, 7) is 0.551. The normalized spacial score (nSPS) is 16.9. The smallest absolute Gasteiger partial charge is 0.258 e. The maximum atomic E-state index is 12.2. The average Bonchev–Trinajstić information content (AvgIpc) is 2.85. The van der Waals surface area contributed by atoms with E-state index in [1.54, 1.807) is 24.3 Å². The number of rotatable bonds is 7. The summed E-state index contributed by atoms with van der Waals surface area (Å²) >= 11 is 0. The fraction of sp³-hybridized carbons (Fsp3) is 0.579. The van der Waals surface area contributed by atoms with Gasteiger partial charge in [-0.2, -0.15) is 0 Å². The van der Waals surface area contributed by atoms with Crippen molar-refractivity contribution in [3.05, 3.63) is 29.8 Å². The summed E-state index contributed by atoms with van der Waals surface area (Å²) in [4.78, 5) is 25.6. The number of carbonyl (C=O) groups is 2. The average molecular weight is 347 g/mol. The first-order valence-corrected chi connectivity index (χ1v) is 8.90. The number of ether oxygens (including phenoxy) is 1. The summed E-state index contributed by atoms with van der Waals surface area (Å²) in [5.74, 6) is -0.214. The fourth-order valence-electron chi connectivity index (χ4n) is 3.37. The van der Waals surface area contributed by atoms with E-state index in [2.05, 4.69) is 24.3 Å². The van der Waals surface area contributed by atoms with Gasteiger partial charge < -0.3 is 20.7 Å². The van der Waals surface area contributed by atoms with Crippen molar-refractivity contribution in [2.24, 2.45) is 5.73 Å². The lowest BCUT2D eigenvalue weighted by Gasteiger charge is -2.39. The molecule has 0 heterocycles. The van der Waals surface area contributed by atoms with Crippen molar-refractivity contribution in [2.45, 2.75) is 44.1 Å². The number of nitrogens with zero attached hydrogens (tertiary/aromatic N) is 1. The fourth-order valence-corrected chi connectivity index (χ4v) is 3.37. The molecular weight excluding hydrogens is 318 g/mol. The Morgan fingerprint density at radius 2 is 1.88 bits per heavy atom. The van der Waals surface area contributed by atoms with Crippen LogP contribution in [0.2, 0.25) is 0 Å². The van der Waals surface area contributed by atoms with Crippen molar-refractivity contribution in [1.29, 1.82) is 0 Å². The van der Waals surface area contributed by atoms with E-state index in [9.17, 15) is 9.59 Å². The summed E-state index contributed by atoms with van der Waals surface area (Å²) in [5.41, 5.74) is 5.64. The topological polar surface area (TPSA) is 84.7 Å². The van der Waals surface area contributed by atoms with Crippen molar-refractivity contribution in [1.82, 2.24) is 10.2 Å². The zero-order chi connectivity index (χ0) is 18.3. The van der Waals surface area contributed by atoms with Crippen LogP contribution in [0.15, 0.2) is 24.3 Å². The van der Waals surface area contributed by atoms with Gasteiger partial charge in [-0.05, 0) is 45.1 Å². The van der Waals surface area contributed by atoms with Crippen LogP contribution in [0.25, 0.3) is 0 Å². The number of benzene rings is 1. The zero-order valence-electron chi connectivity index (χ0n) is 15.2. The maximum absolute atomic E-state index is 12.2. The summed E-state index contributed by atoms with van der Waals surface area (Å²) in [6, 6.07) is 6.54. The van der Waals surface area contributed by atoms with Crippen LogP contribution in [0, 0.1) is 0 Å². The third-order valence-electron chi connectivity index (χ3n) is 5.09. The van der Waals surface area contributed by atoms with Gasteiger partial charge in [-0.15, -0.1) is 0 Å². The number of hydrogen-bond donors (Lipinski definition) is 2. The van der Waals surface area contributed by atoms with Crippen LogP contribution in [0.5, 0.6) is 5.75 Å². The van der Waals surface area contributed by atoms with E-state index in [1.165, 1.54) is 25.7 Å². The summed E-state index contributed by atoms with van der Waals surface area (Å²) < 4.78 is 5.48. The molecule has 0 aliphatic heterocycles. The SMILES string of the molecule is CN(C)C1(CNC(=O)COc2cccc(C(N)=O)c2)CCCCCC1. The molecule has 1 fully saturated rings. The highest BCUT2D eigenvalue weighted by atomic mass is 16.5. The molecule has 1 aromatic rings. The van der Waals surface area contributed by atoms with E-state index in [0.717, 1.165) is 12.8 Å². The van der Waals surface area contributed by atoms with Gasteiger partial charge in [0.25, 0.3) is 5.91 Å². The molecule has 1 aliphatic rings. The highest BCUT2D eigenvalue weighted by Gasteiger charge is 2.33. The second kappa shape index (κ2) is 8.85. The number of nitrogens with one attached hydrogen (secondary N) is 1. The van der Waals surface area contributed by atoms with Crippen LogP contribution in [0.4, 0.5) is 0 Å². The molecule has 0 saturated heterocycles. The minimum absolute atomic E-state index is 0.0258. The molecule has 1 aromatic carbocycles. The van der Waals surface area contributed by atoms with Crippen LogP contribution in [0.3, 0.4) is 0 Å². The van der Waals surface area contributed by atoms with Crippen LogP contribution in [-0.2, 0) is 4.79 Å². The van der Waals surface area contributed by atoms with E-state index in [-0.39, 0.29) is 18.1 Å². The Labute approximate surface area is 149 Å². The molecule has 3 N–H and O–H groups in total. The van der Waals surface area contributed by atoms with Gasteiger partial charge in [0.05, 0.1) is 0 Å². The molecule has 1 aliphatic carbocycles. The van der Waals surface area contributed by atoms with Gasteiger partial charge in [0, 0.05) is 17.6 Å². The molecule has 138 valence electrons. The summed E-state index contributed by atoms with van der Waals surface area (Å²) in [6.07, 6.45) is 7.13. The molecule has 1 saturated carbocycles. The second-order valence-corrected chi connectivity index (χ2v) is 6.99. The van der Waals surface area contributed by atoms with Gasteiger partial charge in [0.15, 0.2) is 6.61 Å². The first-order valence-electron chi connectivity index (χ1n) is 8.90. The van der Waals surface area contributed by atoms with Crippen molar-refractivity contribution < 1.29 is 14.3 Å². The Morgan fingerprint density at radius 3 is 2.48 bits per heavy atom. The summed E-state index contributed by atoms with van der Waals surface area (Å²) in [7, 11) is 4.17. The molecule has 6 nitrogen and oxygen atoms in total. The zero-order valence-corrected chi connectivity index (χ0v) is 15.2. The van der Waals surface area contributed by atoms with Gasteiger partial charge >= 0.3 is 0 Å². The van der Waals surface area contributed by atoms with E-state index in [1.807, 2.05) is 0 Å². The lowest BCUT2D eigenvalue weighted by molar-refractivity contribution is -0.123. The van der Waals surface area contributed by atoms with Crippen molar-refractivity contribution in [2.75, 3.05) is 27.2 Å². The number of carbonyl (C=O) groups excluding carboxylic acids is 2. The quantitative estimate of drug-likeness (QED) is 0.738. The number of likely N-dealkylation sites (N-methyl/N-ethyl adjacent to an activating group) is 1. The van der Waals surface area contributed by atoms with Crippen molar-refractivity contribution in [3.8, 4) is 5.75 Å². The number of amides is 2. The molecule has 0 unspecified atom stereocenters. The predicted octanol–water partition coefficient (Wildman–Crippen LogP) is 1.94. The second-order valence-electron chi connectivity index (χ2n) is 6.99. The Balaban J connectivity index is 1.87. The number of nitrogens with two attached hydrogens (primary N) is 1. The van der Waals surface area contributed by atoms with E-state index >= 15 is 0 Å². The first kappa shape index (κ1) is 19.2. The number of primary amides is 1. The Kier molecular flexibility index (Phi) is 6.82. The molecule has 2 rings (SSSR count). The van der Waals surface area contributed by atoms with Crippen molar-refractivity contribution in [3.63, 3.8) is 0 Å². The minimum Gasteiger partial charge on any atom is -0.484 e. The van der Waals surface area contributed by atoms with E-state index < -0.39 is 5.91 Å². The molecular formula is C19H29N3O3. The Bertz CT molecular complexity index is 593. The highest BCUT2D eigenvalue weighted by Crippen LogP contribution is 2.30. The lowest BCUT2D eigenvalue weighted by atomic mass is 9.88. The van der Waals surface area contributed by atoms with Crippen LogP contribution in [0.1, 0.15) is 48.9 Å². The first-order chi connectivity index (χ1) is 11.9. The predicted molar refractivity (Wildman–Crippen MR) is 97.6 cm³/mol. The van der Waals surface area contributed by atoms with Crippen molar-refractivity contribution >= 4 is 11.8 Å². The third-order valence-corrected chi connectivity index (χ3v) is 5.09. The standard InChI is InChI=1S/C19H29N3O3/c1-22(2)19(10-5-3-4-6-11-19)14-21-17(23)13-25-16-9-7-8-15(12-16)18(20)24/h7-9,12H,3-6,10-11,13-14H2,1-2H3,(H2,20,24)(H,21,23). The van der Waals surface area contributed by atoms with Crippen LogP contribution >= 0.6 is 0 Å². The van der Waals surface area contributed by atoms with Crippen LogP contribution in [-0.4, -0.2) is 49.5 Å². The molecule has 0 atom stereocenters. The molecule has 0 bridgehead atoms. The minimum atomic E-state index is -0.517. The third kappa shape index (κ3) is 5.46. The monoisotopic (exact) mass is 347 g/mol. The highest BCUT2D eigenvalue weighted by molar-refractivity contribution is 5.93. The largest absolute Gasteiger partial charge is 0.484 e. The lowest BCUT2D eigenvalue weighted by Crippen LogP contribution is -2.53. The maximum Gasteiger partial charge on any atom is 0.258 e. The Morgan fingerprint density at radius 1 is 1.20 bits per heavy atom. The number of hydrogen-bond acceptors (Lipinski definition) is 4. The summed E-state index contributed by atoms with van der Waals surface area (Å²) in [5, 5.41) is 3.01. The van der Waals surface area contributed by atoms with E-state index in [0.29, 0.717) is 17.9 Å². The van der Waals surface area contributed by atoms with Gasteiger partial charge in [0.1, 0.15) is 5.75 Å².